The van der Waals surface area contributed by atoms with Crippen molar-refractivity contribution in [3.8, 4) is 0 Å². The first-order valence-electron chi connectivity index (χ1n) is 10.00. The van der Waals surface area contributed by atoms with Gasteiger partial charge in [0.05, 0.1) is 0 Å². The number of hydrogen-bond acceptors (Lipinski definition) is 0. The summed E-state index contributed by atoms with van der Waals surface area (Å²) in [6.07, 6.45) is 7.25. The van der Waals surface area contributed by atoms with E-state index in [1.165, 1.54) is 70.8 Å². The van der Waals surface area contributed by atoms with Gasteiger partial charge in [-0.05, 0) is 68.3 Å². The highest BCUT2D eigenvalue weighted by atomic mass is 14.2. The lowest BCUT2D eigenvalue weighted by molar-refractivity contribution is 0.836. The molecule has 4 rings (SSSR count). The summed E-state index contributed by atoms with van der Waals surface area (Å²) < 4.78 is 0. The van der Waals surface area contributed by atoms with Crippen molar-refractivity contribution in [1.82, 2.24) is 0 Å². The Hall–Kier alpha value is -2.08. The molecule has 0 aromatic heterocycles. The van der Waals surface area contributed by atoms with Gasteiger partial charge in [-0.15, -0.1) is 0 Å². The van der Waals surface area contributed by atoms with E-state index in [1.54, 1.807) is 16.7 Å². The van der Waals surface area contributed by atoms with Crippen LogP contribution in [0.5, 0.6) is 0 Å². The zero-order chi connectivity index (χ0) is 17.4. The summed E-state index contributed by atoms with van der Waals surface area (Å²) >= 11 is 0. The van der Waals surface area contributed by atoms with Gasteiger partial charge in [-0.2, -0.15) is 0 Å². The van der Waals surface area contributed by atoms with Crippen molar-refractivity contribution in [1.29, 1.82) is 0 Å². The van der Waals surface area contributed by atoms with Crippen LogP contribution in [-0.4, -0.2) is 0 Å². The lowest BCUT2D eigenvalue weighted by Gasteiger charge is -2.22. The molecule has 0 nitrogen and oxygen atoms in total. The molecule has 0 saturated carbocycles. The zero-order valence-corrected chi connectivity index (χ0v) is 15.8. The van der Waals surface area contributed by atoms with Crippen LogP contribution in [0, 0.1) is 0 Å². The molecule has 0 fully saturated rings. The number of aryl methyl sites for hydroxylation is 2. The molecule has 0 aliphatic rings. The molecule has 0 bridgehead atoms. The quantitative estimate of drug-likeness (QED) is 0.323. The van der Waals surface area contributed by atoms with E-state index >= 15 is 0 Å². The van der Waals surface area contributed by atoms with Gasteiger partial charge in [-0.1, -0.05) is 82.5 Å². The third-order valence-electron chi connectivity index (χ3n) is 5.66. The number of hydrogen-bond donors (Lipinski definition) is 0. The maximum atomic E-state index is 2.39. The van der Waals surface area contributed by atoms with Gasteiger partial charge in [-0.25, -0.2) is 0 Å². The summed E-state index contributed by atoms with van der Waals surface area (Å²) in [4.78, 5) is 0. The molecule has 0 saturated heterocycles. The molecule has 0 unspecified atom stereocenters. The second-order valence-electron chi connectivity index (χ2n) is 7.37. The summed E-state index contributed by atoms with van der Waals surface area (Å²) in [7, 11) is 0. The van der Waals surface area contributed by atoms with E-state index in [2.05, 4.69) is 63.2 Å². The van der Waals surface area contributed by atoms with Gasteiger partial charge in [-0.3, -0.25) is 0 Å². The highest BCUT2D eigenvalue weighted by molar-refractivity contribution is 6.24. The second-order valence-corrected chi connectivity index (χ2v) is 7.37. The highest BCUT2D eigenvalue weighted by Crippen LogP contribution is 2.41. The molecule has 0 N–H and O–H groups in total. The third-order valence-corrected chi connectivity index (χ3v) is 5.66. The normalized spacial score (nSPS) is 12.0. The van der Waals surface area contributed by atoms with Crippen LogP contribution in [0.15, 0.2) is 42.5 Å². The van der Waals surface area contributed by atoms with Crippen LogP contribution in [0.2, 0.25) is 0 Å². The molecule has 0 radical (unpaired) electrons. The Kier molecular flexibility index (Phi) is 4.37. The minimum atomic E-state index is 1.19. The SMILES string of the molecule is CCCc1c(CCC)c2ccc3cccc4ccc(c1CCC)c2c34. The molecule has 128 valence electrons. The maximum absolute atomic E-state index is 2.39. The Bertz CT molecular complexity index is 949. The Labute approximate surface area is 151 Å². The van der Waals surface area contributed by atoms with E-state index in [-0.39, 0.29) is 0 Å². The monoisotopic (exact) mass is 328 g/mol. The smallest absolute Gasteiger partial charge is 0.00211 e. The van der Waals surface area contributed by atoms with Crippen molar-refractivity contribution >= 4 is 32.3 Å². The molecule has 25 heavy (non-hydrogen) atoms. The van der Waals surface area contributed by atoms with E-state index in [0.717, 1.165) is 0 Å². The lowest BCUT2D eigenvalue weighted by atomic mass is 9.82. The van der Waals surface area contributed by atoms with Crippen LogP contribution in [0.25, 0.3) is 32.3 Å². The molecule has 0 aliphatic heterocycles. The van der Waals surface area contributed by atoms with E-state index in [0.29, 0.717) is 0 Å². The minimum Gasteiger partial charge on any atom is -0.0651 e. The van der Waals surface area contributed by atoms with Gasteiger partial charge in [0, 0.05) is 0 Å². The predicted octanol–water partition coefficient (Wildman–Crippen LogP) is 7.44. The van der Waals surface area contributed by atoms with Gasteiger partial charge >= 0.3 is 0 Å². The fourth-order valence-electron chi connectivity index (χ4n) is 4.72. The molecular formula is C25H28. The van der Waals surface area contributed by atoms with Crippen molar-refractivity contribution in [2.75, 3.05) is 0 Å². The van der Waals surface area contributed by atoms with E-state index in [1.807, 2.05) is 0 Å². The van der Waals surface area contributed by atoms with E-state index in [4.69, 9.17) is 0 Å². The van der Waals surface area contributed by atoms with Gasteiger partial charge in [0.15, 0.2) is 0 Å². The predicted molar refractivity (Wildman–Crippen MR) is 112 cm³/mol. The second kappa shape index (κ2) is 6.67. The molecule has 0 amide bonds. The van der Waals surface area contributed by atoms with Crippen molar-refractivity contribution in [2.45, 2.75) is 59.3 Å². The van der Waals surface area contributed by atoms with Crippen molar-refractivity contribution in [3.05, 3.63) is 59.2 Å². The first-order chi connectivity index (χ1) is 12.3. The molecule has 0 heterocycles. The largest absolute Gasteiger partial charge is 0.0651 e. The fourth-order valence-corrected chi connectivity index (χ4v) is 4.72. The Morgan fingerprint density at radius 3 is 1.48 bits per heavy atom. The fraction of sp³-hybridized carbons (Fsp3) is 0.360. The van der Waals surface area contributed by atoms with Gasteiger partial charge in [0.1, 0.15) is 0 Å². The molecule has 4 aromatic rings. The Morgan fingerprint density at radius 2 is 1.00 bits per heavy atom. The van der Waals surface area contributed by atoms with Gasteiger partial charge in [0.25, 0.3) is 0 Å². The standard InChI is InChI=1S/C25H28/c1-4-8-19-20(9-5-2)22-15-13-17-11-7-12-18-14-16-23(21(19)10-6-3)25(22)24(17)18/h7,11-16H,4-6,8-10H2,1-3H3. The lowest BCUT2D eigenvalue weighted by Crippen LogP contribution is -2.04. The van der Waals surface area contributed by atoms with Gasteiger partial charge < -0.3 is 0 Å². The van der Waals surface area contributed by atoms with Crippen molar-refractivity contribution < 1.29 is 0 Å². The minimum absolute atomic E-state index is 1.19. The molecule has 0 aliphatic carbocycles. The first kappa shape index (κ1) is 16.4. The summed E-state index contributed by atoms with van der Waals surface area (Å²) in [5.74, 6) is 0. The first-order valence-corrected chi connectivity index (χ1v) is 10.00. The summed E-state index contributed by atoms with van der Waals surface area (Å²) in [6, 6.07) is 16.2. The molecule has 4 aromatic carbocycles. The summed E-state index contributed by atoms with van der Waals surface area (Å²) in [5.41, 5.74) is 4.90. The summed E-state index contributed by atoms with van der Waals surface area (Å²) in [6.45, 7) is 6.94. The highest BCUT2D eigenvalue weighted by Gasteiger charge is 2.18. The van der Waals surface area contributed by atoms with Crippen molar-refractivity contribution in [3.63, 3.8) is 0 Å². The number of benzene rings is 4. The maximum Gasteiger partial charge on any atom is -0.00211 e. The van der Waals surface area contributed by atoms with Crippen LogP contribution < -0.4 is 0 Å². The van der Waals surface area contributed by atoms with E-state index in [9.17, 15) is 0 Å². The van der Waals surface area contributed by atoms with Crippen molar-refractivity contribution in [2.24, 2.45) is 0 Å². The zero-order valence-electron chi connectivity index (χ0n) is 15.8. The summed E-state index contributed by atoms with van der Waals surface area (Å²) in [5, 5.41) is 8.75. The molecule has 0 atom stereocenters. The van der Waals surface area contributed by atoms with Crippen LogP contribution in [-0.2, 0) is 19.3 Å². The van der Waals surface area contributed by atoms with Gasteiger partial charge in [0.2, 0.25) is 0 Å². The van der Waals surface area contributed by atoms with Crippen LogP contribution >= 0.6 is 0 Å². The van der Waals surface area contributed by atoms with Crippen LogP contribution in [0.4, 0.5) is 0 Å². The third kappa shape index (κ3) is 2.51. The van der Waals surface area contributed by atoms with Crippen LogP contribution in [0.3, 0.4) is 0 Å². The van der Waals surface area contributed by atoms with E-state index < -0.39 is 0 Å². The molecule has 0 spiro atoms. The van der Waals surface area contributed by atoms with Crippen LogP contribution in [0.1, 0.15) is 56.7 Å². The number of rotatable bonds is 6. The average molecular weight is 328 g/mol. The Balaban J connectivity index is 2.23. The Morgan fingerprint density at radius 1 is 0.520 bits per heavy atom. The average Bonchev–Trinajstić information content (AvgIpc) is 2.64. The topological polar surface area (TPSA) is 0 Å². The molecular weight excluding hydrogens is 300 g/mol. The molecule has 0 heteroatoms.